The van der Waals surface area contributed by atoms with Gasteiger partial charge >= 0.3 is 68.9 Å². The smallest absolute Gasteiger partial charge is 0.445 e. The Morgan fingerprint density at radius 3 is 2.35 bits per heavy atom. The molecule has 0 aliphatic heterocycles. The number of azide groups is 1. The standard InChI is InChI=1S/C7H5BF4N3O3S.K/c9-8(10,11)6-1-5(4-14-15-13)2-7(3-6)18-19(12,16)17;/h1-3H,4H2;/q-1;+1. The Morgan fingerprint density at radius 1 is 1.30 bits per heavy atom. The van der Waals surface area contributed by atoms with Gasteiger partial charge in [-0.25, -0.2) is 0 Å². The molecule has 0 saturated heterocycles. The van der Waals surface area contributed by atoms with Gasteiger partial charge < -0.3 is 17.1 Å². The normalized spacial score (nSPS) is 11.2. The van der Waals surface area contributed by atoms with Crippen LogP contribution in [-0.2, 0) is 17.0 Å². The molecule has 0 unspecified atom stereocenters. The van der Waals surface area contributed by atoms with Crippen LogP contribution in [0.5, 0.6) is 5.75 Å². The van der Waals surface area contributed by atoms with E-state index in [4.69, 9.17) is 5.53 Å². The average Bonchev–Trinajstić information content (AvgIpc) is 2.22. The molecular formula is C7H5BF4KN3O3S. The predicted molar refractivity (Wildman–Crippen MR) is 58.7 cm³/mol. The minimum absolute atomic E-state index is 0. The number of benzene rings is 1. The fourth-order valence-corrected chi connectivity index (χ4v) is 1.57. The molecule has 1 rings (SSSR count). The van der Waals surface area contributed by atoms with Gasteiger partial charge in [0.05, 0.1) is 6.54 Å². The number of nitrogens with zero attached hydrogens (tertiary/aromatic N) is 3. The zero-order valence-corrected chi connectivity index (χ0v) is 13.9. The van der Waals surface area contributed by atoms with Crippen molar-refractivity contribution in [2.24, 2.45) is 5.11 Å². The van der Waals surface area contributed by atoms with Crippen molar-refractivity contribution in [1.82, 2.24) is 0 Å². The number of hydrogen-bond acceptors (Lipinski definition) is 4. The molecule has 0 bridgehead atoms. The molecule has 0 heterocycles. The van der Waals surface area contributed by atoms with Crippen molar-refractivity contribution in [3.05, 3.63) is 34.2 Å². The van der Waals surface area contributed by atoms with Gasteiger partial charge in [-0.2, -0.15) is 8.42 Å². The van der Waals surface area contributed by atoms with E-state index in [2.05, 4.69) is 14.2 Å². The Bertz CT molecular complexity index is 633. The maximum atomic E-state index is 12.6. The first-order chi connectivity index (χ1) is 8.62. The van der Waals surface area contributed by atoms with Gasteiger partial charge in [-0.05, 0) is 23.2 Å². The van der Waals surface area contributed by atoms with E-state index in [0.29, 0.717) is 12.1 Å². The van der Waals surface area contributed by atoms with Gasteiger partial charge in [0.2, 0.25) is 0 Å². The van der Waals surface area contributed by atoms with E-state index in [-0.39, 0.29) is 56.9 Å². The van der Waals surface area contributed by atoms with Crippen LogP contribution in [0, 0.1) is 0 Å². The van der Waals surface area contributed by atoms with Crippen LogP contribution in [0.15, 0.2) is 23.3 Å². The van der Waals surface area contributed by atoms with Crippen LogP contribution in [0.1, 0.15) is 5.56 Å². The van der Waals surface area contributed by atoms with Gasteiger partial charge in [0.1, 0.15) is 5.75 Å². The minimum Gasteiger partial charge on any atom is -0.445 e. The number of rotatable bonds is 5. The third kappa shape index (κ3) is 6.93. The van der Waals surface area contributed by atoms with Crippen molar-refractivity contribution in [3.8, 4) is 5.75 Å². The molecule has 0 radical (unpaired) electrons. The molecular weight excluding hydrogens is 332 g/mol. The second kappa shape index (κ2) is 7.64. The van der Waals surface area contributed by atoms with Crippen LogP contribution in [0.2, 0.25) is 0 Å². The second-order valence-corrected chi connectivity index (χ2v) is 4.30. The summed E-state index contributed by atoms with van der Waals surface area (Å²) in [6.45, 7) is -5.90. The quantitative estimate of drug-likeness (QED) is 0.175. The maximum Gasteiger partial charge on any atom is 1.00 e. The summed E-state index contributed by atoms with van der Waals surface area (Å²) >= 11 is 0. The first-order valence-electron chi connectivity index (χ1n) is 4.60. The van der Waals surface area contributed by atoms with Crippen LogP contribution in [0.4, 0.5) is 16.8 Å². The minimum atomic E-state index is -5.44. The largest absolute Gasteiger partial charge is 1.00 e. The van der Waals surface area contributed by atoms with Crippen LogP contribution >= 0.6 is 0 Å². The van der Waals surface area contributed by atoms with Gasteiger partial charge in [-0.3, -0.25) is 0 Å². The molecule has 0 aromatic heterocycles. The Labute approximate surface area is 154 Å². The topological polar surface area (TPSA) is 92.1 Å². The number of hydrogen-bond donors (Lipinski definition) is 0. The monoisotopic (exact) mass is 337 g/mol. The maximum absolute atomic E-state index is 12.6. The third-order valence-electron chi connectivity index (χ3n) is 1.88. The molecule has 1 aromatic carbocycles. The van der Waals surface area contributed by atoms with Crippen molar-refractivity contribution >= 4 is 22.9 Å². The van der Waals surface area contributed by atoms with Crippen molar-refractivity contribution in [2.45, 2.75) is 6.54 Å². The first kappa shape index (κ1) is 19.7. The van der Waals surface area contributed by atoms with Crippen LogP contribution in [0.3, 0.4) is 0 Å². The molecule has 0 aliphatic carbocycles. The SMILES string of the molecule is [K+].[N-]=[N+]=NCc1cc(OS(=O)(=O)F)cc([B-](F)(F)F)c1. The van der Waals surface area contributed by atoms with Gasteiger partial charge in [0.15, 0.2) is 0 Å². The molecule has 104 valence electrons. The summed E-state index contributed by atoms with van der Waals surface area (Å²) in [5.74, 6) is -0.845. The number of halogens is 4. The predicted octanol–water partition coefficient (Wildman–Crippen LogP) is -0.852. The van der Waals surface area contributed by atoms with E-state index in [1.165, 1.54) is 0 Å². The zero-order valence-electron chi connectivity index (χ0n) is 10.0. The van der Waals surface area contributed by atoms with Gasteiger partial charge in [-0.1, -0.05) is 15.1 Å². The summed E-state index contributed by atoms with van der Waals surface area (Å²) in [4.78, 5) is 2.34. The summed E-state index contributed by atoms with van der Waals surface area (Å²) < 4.78 is 74.2. The summed E-state index contributed by atoms with van der Waals surface area (Å²) in [6, 6.07) is 1.83. The van der Waals surface area contributed by atoms with E-state index in [1.807, 2.05) is 0 Å². The van der Waals surface area contributed by atoms with Crippen LogP contribution in [0.25, 0.3) is 10.4 Å². The molecule has 0 aliphatic rings. The van der Waals surface area contributed by atoms with Crippen molar-refractivity contribution in [3.63, 3.8) is 0 Å². The summed E-state index contributed by atoms with van der Waals surface area (Å²) in [5.41, 5.74) is 6.72. The van der Waals surface area contributed by atoms with Crippen LogP contribution in [-0.4, -0.2) is 15.4 Å². The fraction of sp³-hybridized carbons (Fsp3) is 0.143. The van der Waals surface area contributed by atoms with E-state index >= 15 is 0 Å². The molecule has 0 N–H and O–H groups in total. The fourth-order valence-electron chi connectivity index (χ4n) is 1.24. The second-order valence-electron chi connectivity index (χ2n) is 3.35. The zero-order chi connectivity index (χ0) is 14.7. The molecule has 0 spiro atoms. The Balaban J connectivity index is 0.00000361. The van der Waals surface area contributed by atoms with E-state index in [0.717, 1.165) is 6.07 Å². The Morgan fingerprint density at radius 2 is 1.90 bits per heavy atom. The summed E-state index contributed by atoms with van der Waals surface area (Å²) in [6.07, 6.45) is 0. The van der Waals surface area contributed by atoms with E-state index in [1.54, 1.807) is 0 Å². The van der Waals surface area contributed by atoms with Crippen molar-refractivity contribution < 1.29 is 80.8 Å². The Kier molecular flexibility index (Phi) is 7.52. The van der Waals surface area contributed by atoms with E-state index in [9.17, 15) is 25.3 Å². The van der Waals surface area contributed by atoms with Crippen LogP contribution < -0.4 is 61.0 Å². The molecule has 6 nitrogen and oxygen atoms in total. The third-order valence-corrected chi connectivity index (χ3v) is 2.27. The summed E-state index contributed by atoms with van der Waals surface area (Å²) in [5, 5.41) is 3.02. The average molecular weight is 337 g/mol. The Hall–Kier alpha value is -0.299. The molecule has 13 heteroatoms. The first-order valence-corrected chi connectivity index (χ1v) is 5.91. The molecule has 0 saturated carbocycles. The molecule has 0 fully saturated rings. The summed E-state index contributed by atoms with van der Waals surface area (Å²) in [7, 11) is -5.44. The van der Waals surface area contributed by atoms with Crippen molar-refractivity contribution in [1.29, 1.82) is 0 Å². The molecule has 0 amide bonds. The van der Waals surface area contributed by atoms with E-state index < -0.39 is 35.2 Å². The molecule has 1 aromatic rings. The van der Waals surface area contributed by atoms with Gasteiger partial charge in [-0.15, -0.1) is 5.46 Å². The molecule has 20 heavy (non-hydrogen) atoms. The molecule has 0 atom stereocenters. The van der Waals surface area contributed by atoms with Gasteiger partial charge in [0.25, 0.3) is 0 Å². The van der Waals surface area contributed by atoms with Gasteiger partial charge in [0, 0.05) is 4.91 Å². The van der Waals surface area contributed by atoms with Crippen molar-refractivity contribution in [2.75, 3.05) is 0 Å².